The standard InChI is InChI=1S/C18H31NO/c1-13(2)12-20-18-9-7-17(8-10-18)16(6)19-11-15(5)14(3)4/h7-10,13-16,19H,11-12H2,1-6H3. The van der Waals surface area contributed by atoms with E-state index in [1.54, 1.807) is 0 Å². The third kappa shape index (κ3) is 5.96. The van der Waals surface area contributed by atoms with E-state index in [0.29, 0.717) is 17.9 Å². The normalized spacial score (nSPS) is 14.6. The molecule has 1 aromatic rings. The fourth-order valence-corrected chi connectivity index (χ4v) is 1.83. The first-order valence-electron chi connectivity index (χ1n) is 7.86. The number of ether oxygens (including phenoxy) is 1. The highest BCUT2D eigenvalue weighted by atomic mass is 16.5. The van der Waals surface area contributed by atoms with Crippen molar-refractivity contribution in [2.75, 3.05) is 13.2 Å². The molecule has 2 unspecified atom stereocenters. The Morgan fingerprint density at radius 1 is 0.950 bits per heavy atom. The molecule has 0 aliphatic carbocycles. The fraction of sp³-hybridized carbons (Fsp3) is 0.667. The highest BCUT2D eigenvalue weighted by molar-refractivity contribution is 5.28. The van der Waals surface area contributed by atoms with Crippen molar-refractivity contribution in [3.05, 3.63) is 29.8 Å². The van der Waals surface area contributed by atoms with E-state index in [-0.39, 0.29) is 0 Å². The van der Waals surface area contributed by atoms with Gasteiger partial charge in [0.25, 0.3) is 0 Å². The first kappa shape index (κ1) is 17.0. The second-order valence-corrected chi connectivity index (χ2v) is 6.63. The molecule has 0 aromatic heterocycles. The largest absolute Gasteiger partial charge is 0.493 e. The van der Waals surface area contributed by atoms with Crippen LogP contribution in [0.5, 0.6) is 5.75 Å². The molecule has 0 aliphatic rings. The summed E-state index contributed by atoms with van der Waals surface area (Å²) in [5, 5.41) is 3.61. The fourth-order valence-electron chi connectivity index (χ4n) is 1.83. The second-order valence-electron chi connectivity index (χ2n) is 6.63. The maximum absolute atomic E-state index is 5.71. The van der Waals surface area contributed by atoms with Gasteiger partial charge in [0.15, 0.2) is 0 Å². The summed E-state index contributed by atoms with van der Waals surface area (Å²) in [5.41, 5.74) is 1.32. The number of hydrogen-bond donors (Lipinski definition) is 1. The highest BCUT2D eigenvalue weighted by Crippen LogP contribution is 2.19. The number of rotatable bonds is 8. The van der Waals surface area contributed by atoms with E-state index in [1.807, 2.05) is 0 Å². The molecule has 0 saturated heterocycles. The Balaban J connectivity index is 2.46. The van der Waals surface area contributed by atoms with Crippen molar-refractivity contribution in [3.63, 3.8) is 0 Å². The first-order chi connectivity index (χ1) is 9.40. The van der Waals surface area contributed by atoms with Crippen LogP contribution in [0.25, 0.3) is 0 Å². The van der Waals surface area contributed by atoms with Gasteiger partial charge < -0.3 is 10.1 Å². The van der Waals surface area contributed by atoms with E-state index in [0.717, 1.165) is 24.8 Å². The van der Waals surface area contributed by atoms with Crippen LogP contribution in [0.3, 0.4) is 0 Å². The molecule has 1 aromatic carbocycles. The molecule has 0 aliphatic heterocycles. The topological polar surface area (TPSA) is 21.3 Å². The lowest BCUT2D eigenvalue weighted by atomic mass is 9.97. The van der Waals surface area contributed by atoms with Crippen molar-refractivity contribution in [3.8, 4) is 5.75 Å². The van der Waals surface area contributed by atoms with Gasteiger partial charge in [-0.05, 0) is 48.9 Å². The number of nitrogens with one attached hydrogen (secondary N) is 1. The Morgan fingerprint density at radius 2 is 1.55 bits per heavy atom. The molecule has 0 bridgehead atoms. The van der Waals surface area contributed by atoms with E-state index in [1.165, 1.54) is 5.56 Å². The predicted octanol–water partition coefficient (Wildman–Crippen LogP) is 4.66. The summed E-state index contributed by atoms with van der Waals surface area (Å²) in [4.78, 5) is 0. The Hall–Kier alpha value is -1.02. The van der Waals surface area contributed by atoms with Gasteiger partial charge in [0.1, 0.15) is 5.75 Å². The summed E-state index contributed by atoms with van der Waals surface area (Å²) >= 11 is 0. The zero-order valence-corrected chi connectivity index (χ0v) is 13.9. The van der Waals surface area contributed by atoms with Crippen LogP contribution in [0.4, 0.5) is 0 Å². The third-order valence-electron chi connectivity index (χ3n) is 3.85. The monoisotopic (exact) mass is 277 g/mol. The molecule has 1 N–H and O–H groups in total. The zero-order chi connectivity index (χ0) is 15.1. The van der Waals surface area contributed by atoms with Gasteiger partial charge in [0.2, 0.25) is 0 Å². The summed E-state index contributed by atoms with van der Waals surface area (Å²) in [7, 11) is 0. The second kappa shape index (κ2) is 8.31. The van der Waals surface area contributed by atoms with Crippen LogP contribution < -0.4 is 10.1 Å². The minimum atomic E-state index is 0.385. The van der Waals surface area contributed by atoms with E-state index in [2.05, 4.69) is 71.1 Å². The lowest BCUT2D eigenvalue weighted by Crippen LogP contribution is -2.26. The summed E-state index contributed by atoms with van der Waals surface area (Å²) in [6, 6.07) is 8.85. The van der Waals surface area contributed by atoms with E-state index < -0.39 is 0 Å². The van der Waals surface area contributed by atoms with Crippen molar-refractivity contribution in [1.82, 2.24) is 5.32 Å². The van der Waals surface area contributed by atoms with Crippen LogP contribution in [-0.4, -0.2) is 13.2 Å². The van der Waals surface area contributed by atoms with Crippen molar-refractivity contribution in [1.29, 1.82) is 0 Å². The smallest absolute Gasteiger partial charge is 0.119 e. The Labute approximate surface area is 124 Å². The minimum absolute atomic E-state index is 0.385. The van der Waals surface area contributed by atoms with Crippen LogP contribution in [0, 0.1) is 17.8 Å². The molecule has 2 heteroatoms. The zero-order valence-electron chi connectivity index (χ0n) is 13.9. The van der Waals surface area contributed by atoms with Crippen molar-refractivity contribution in [2.45, 2.75) is 47.6 Å². The molecule has 0 spiro atoms. The van der Waals surface area contributed by atoms with Crippen LogP contribution in [-0.2, 0) is 0 Å². The highest BCUT2D eigenvalue weighted by Gasteiger charge is 2.10. The molecule has 0 radical (unpaired) electrons. The van der Waals surface area contributed by atoms with Crippen LogP contribution >= 0.6 is 0 Å². The van der Waals surface area contributed by atoms with Crippen molar-refractivity contribution < 1.29 is 4.74 Å². The molecule has 1 rings (SSSR count). The van der Waals surface area contributed by atoms with Gasteiger partial charge in [-0.2, -0.15) is 0 Å². The van der Waals surface area contributed by atoms with Gasteiger partial charge in [0, 0.05) is 6.04 Å². The molecule has 20 heavy (non-hydrogen) atoms. The Bertz CT molecular complexity index is 370. The summed E-state index contributed by atoms with van der Waals surface area (Å²) < 4.78 is 5.71. The molecular weight excluding hydrogens is 246 g/mol. The molecule has 0 amide bonds. The summed E-state index contributed by atoms with van der Waals surface area (Å²) in [6.07, 6.45) is 0. The summed E-state index contributed by atoms with van der Waals surface area (Å²) in [5.74, 6) is 2.95. The van der Waals surface area contributed by atoms with Gasteiger partial charge in [-0.1, -0.05) is 46.8 Å². The maximum Gasteiger partial charge on any atom is 0.119 e. The van der Waals surface area contributed by atoms with Crippen LogP contribution in [0.2, 0.25) is 0 Å². The molecule has 0 saturated carbocycles. The average Bonchev–Trinajstić information content (AvgIpc) is 2.42. The van der Waals surface area contributed by atoms with E-state index >= 15 is 0 Å². The molecular formula is C18H31NO. The first-order valence-corrected chi connectivity index (χ1v) is 7.86. The number of benzene rings is 1. The van der Waals surface area contributed by atoms with Crippen LogP contribution in [0.1, 0.15) is 53.1 Å². The van der Waals surface area contributed by atoms with Gasteiger partial charge in [-0.25, -0.2) is 0 Å². The Morgan fingerprint density at radius 3 is 2.05 bits per heavy atom. The van der Waals surface area contributed by atoms with Crippen LogP contribution in [0.15, 0.2) is 24.3 Å². The third-order valence-corrected chi connectivity index (χ3v) is 3.85. The van der Waals surface area contributed by atoms with Crippen molar-refractivity contribution >= 4 is 0 Å². The van der Waals surface area contributed by atoms with E-state index in [4.69, 9.17) is 4.74 Å². The molecule has 114 valence electrons. The van der Waals surface area contributed by atoms with Gasteiger partial charge in [-0.3, -0.25) is 0 Å². The molecule has 2 nitrogen and oxygen atoms in total. The van der Waals surface area contributed by atoms with Gasteiger partial charge in [-0.15, -0.1) is 0 Å². The lowest BCUT2D eigenvalue weighted by molar-refractivity contribution is 0.271. The quantitative estimate of drug-likeness (QED) is 0.746. The Kier molecular flexibility index (Phi) is 7.08. The molecule has 2 atom stereocenters. The predicted molar refractivity (Wildman–Crippen MR) is 87.2 cm³/mol. The average molecular weight is 277 g/mol. The number of hydrogen-bond acceptors (Lipinski definition) is 2. The molecule has 0 heterocycles. The summed E-state index contributed by atoms with van der Waals surface area (Å²) in [6.45, 7) is 15.2. The van der Waals surface area contributed by atoms with Gasteiger partial charge in [0.05, 0.1) is 6.61 Å². The van der Waals surface area contributed by atoms with Crippen molar-refractivity contribution in [2.24, 2.45) is 17.8 Å². The van der Waals surface area contributed by atoms with Gasteiger partial charge >= 0.3 is 0 Å². The molecule has 0 fully saturated rings. The SMILES string of the molecule is CC(C)COc1ccc(C(C)NCC(C)C(C)C)cc1. The lowest BCUT2D eigenvalue weighted by Gasteiger charge is -2.20. The van der Waals surface area contributed by atoms with E-state index in [9.17, 15) is 0 Å². The minimum Gasteiger partial charge on any atom is -0.493 e. The maximum atomic E-state index is 5.71.